The summed E-state index contributed by atoms with van der Waals surface area (Å²) in [6.07, 6.45) is 1.50. The molecule has 5 nitrogen and oxygen atoms in total. The number of esters is 1. The molecule has 1 aromatic heterocycles. The predicted octanol–water partition coefficient (Wildman–Crippen LogP) is 2.60. The Labute approximate surface area is 122 Å². The Morgan fingerprint density at radius 3 is 2.95 bits per heavy atom. The predicted molar refractivity (Wildman–Crippen MR) is 77.2 cm³/mol. The van der Waals surface area contributed by atoms with Gasteiger partial charge in [-0.05, 0) is 30.7 Å². The van der Waals surface area contributed by atoms with Gasteiger partial charge in [-0.3, -0.25) is 4.79 Å². The van der Waals surface area contributed by atoms with Crippen molar-refractivity contribution in [2.75, 3.05) is 19.0 Å². The second kappa shape index (κ2) is 6.37. The number of ether oxygens (including phenoxy) is 2. The van der Waals surface area contributed by atoms with E-state index in [0.717, 1.165) is 18.4 Å². The summed E-state index contributed by atoms with van der Waals surface area (Å²) in [5.74, 6) is -0.654. The van der Waals surface area contributed by atoms with Gasteiger partial charge in [0.15, 0.2) is 0 Å². The van der Waals surface area contributed by atoms with Gasteiger partial charge in [-0.1, -0.05) is 6.92 Å². The first kappa shape index (κ1) is 15.0. The van der Waals surface area contributed by atoms with Crippen LogP contribution in [0, 0.1) is 12.8 Å². The zero-order chi connectivity index (χ0) is 14.7. The molecule has 2 atom stereocenters. The van der Waals surface area contributed by atoms with Crippen molar-refractivity contribution in [3.05, 3.63) is 15.8 Å². The van der Waals surface area contributed by atoms with Gasteiger partial charge in [-0.2, -0.15) is 0 Å². The number of aryl methyl sites for hydroxylation is 1. The van der Waals surface area contributed by atoms with Crippen LogP contribution in [0.25, 0.3) is 0 Å². The van der Waals surface area contributed by atoms with Crippen LogP contribution in [-0.2, 0) is 14.3 Å². The van der Waals surface area contributed by atoms with E-state index in [-0.39, 0.29) is 17.9 Å². The Morgan fingerprint density at radius 2 is 2.30 bits per heavy atom. The fourth-order valence-corrected chi connectivity index (χ4v) is 3.33. The van der Waals surface area contributed by atoms with Gasteiger partial charge >= 0.3 is 5.97 Å². The summed E-state index contributed by atoms with van der Waals surface area (Å²) in [6.45, 7) is 4.48. The maximum absolute atomic E-state index is 12.4. The molecule has 1 aliphatic heterocycles. The number of carbonyl (C=O) groups excluding carboxylic acids is 2. The van der Waals surface area contributed by atoms with Crippen molar-refractivity contribution in [2.45, 2.75) is 32.8 Å². The van der Waals surface area contributed by atoms with Gasteiger partial charge < -0.3 is 14.8 Å². The number of amides is 1. The average Bonchev–Trinajstić information content (AvgIpc) is 3.05. The minimum atomic E-state index is -0.423. The molecule has 0 aromatic carbocycles. The molecule has 1 aliphatic rings. The lowest BCUT2D eigenvalue weighted by Crippen LogP contribution is -2.29. The van der Waals surface area contributed by atoms with Crippen molar-refractivity contribution in [2.24, 2.45) is 5.92 Å². The summed E-state index contributed by atoms with van der Waals surface area (Å²) in [4.78, 5) is 24.5. The molecule has 0 radical (unpaired) electrons. The number of nitrogens with one attached hydrogen (secondary N) is 1. The van der Waals surface area contributed by atoms with Gasteiger partial charge in [0, 0.05) is 6.61 Å². The number of carbonyl (C=O) groups is 2. The molecule has 1 N–H and O–H groups in total. The monoisotopic (exact) mass is 297 g/mol. The highest BCUT2D eigenvalue weighted by molar-refractivity contribution is 7.12. The summed E-state index contributed by atoms with van der Waals surface area (Å²) in [5, 5.41) is 4.71. The third kappa shape index (κ3) is 2.86. The molecule has 1 aromatic rings. The molecule has 0 aliphatic carbocycles. The van der Waals surface area contributed by atoms with Crippen LogP contribution in [0.4, 0.5) is 5.69 Å². The van der Waals surface area contributed by atoms with E-state index in [1.54, 1.807) is 0 Å². The largest absolute Gasteiger partial charge is 0.465 e. The third-order valence-electron chi connectivity index (χ3n) is 3.54. The summed E-state index contributed by atoms with van der Waals surface area (Å²) in [5.41, 5.74) is 1.43. The van der Waals surface area contributed by atoms with Gasteiger partial charge in [0.05, 0.1) is 24.8 Å². The van der Waals surface area contributed by atoms with Crippen molar-refractivity contribution < 1.29 is 19.1 Å². The van der Waals surface area contributed by atoms with E-state index in [1.807, 2.05) is 19.2 Å². The Bertz CT molecular complexity index is 511. The molecule has 6 heteroatoms. The first-order chi connectivity index (χ1) is 9.58. The molecule has 0 spiro atoms. The lowest BCUT2D eigenvalue weighted by Gasteiger charge is -2.17. The van der Waals surface area contributed by atoms with Crippen molar-refractivity contribution in [3.8, 4) is 0 Å². The van der Waals surface area contributed by atoms with Crippen LogP contribution in [-0.4, -0.2) is 31.7 Å². The highest BCUT2D eigenvalue weighted by Crippen LogP contribution is 2.31. The van der Waals surface area contributed by atoms with Gasteiger partial charge in [-0.25, -0.2) is 4.79 Å². The Balaban J connectivity index is 2.15. The zero-order valence-corrected chi connectivity index (χ0v) is 12.7. The fraction of sp³-hybridized carbons (Fsp3) is 0.571. The molecule has 20 heavy (non-hydrogen) atoms. The number of thiophene rings is 1. The minimum Gasteiger partial charge on any atom is -0.465 e. The Morgan fingerprint density at radius 1 is 1.55 bits per heavy atom. The van der Waals surface area contributed by atoms with E-state index >= 15 is 0 Å². The summed E-state index contributed by atoms with van der Waals surface area (Å²) >= 11 is 1.28. The van der Waals surface area contributed by atoms with E-state index in [2.05, 4.69) is 5.32 Å². The minimum absolute atomic E-state index is 0.0319. The zero-order valence-electron chi connectivity index (χ0n) is 11.9. The van der Waals surface area contributed by atoms with Crippen LogP contribution in [0.1, 0.15) is 35.0 Å². The van der Waals surface area contributed by atoms with E-state index in [0.29, 0.717) is 17.2 Å². The third-order valence-corrected chi connectivity index (χ3v) is 4.62. The maximum atomic E-state index is 12.4. The first-order valence-electron chi connectivity index (χ1n) is 6.67. The second-order valence-corrected chi connectivity index (χ2v) is 5.70. The number of hydrogen-bond acceptors (Lipinski definition) is 5. The molecule has 1 fully saturated rings. The normalized spacial score (nSPS) is 21.8. The quantitative estimate of drug-likeness (QED) is 0.868. The van der Waals surface area contributed by atoms with Crippen LogP contribution < -0.4 is 5.32 Å². The molecule has 1 amide bonds. The lowest BCUT2D eigenvalue weighted by molar-refractivity contribution is -0.121. The van der Waals surface area contributed by atoms with Crippen molar-refractivity contribution in [3.63, 3.8) is 0 Å². The summed E-state index contributed by atoms with van der Waals surface area (Å²) in [6, 6.07) is 0. The molecule has 110 valence electrons. The molecule has 2 rings (SSSR count). The van der Waals surface area contributed by atoms with E-state index < -0.39 is 5.97 Å². The summed E-state index contributed by atoms with van der Waals surface area (Å²) < 4.78 is 10.3. The first-order valence-corrected chi connectivity index (χ1v) is 7.55. The van der Waals surface area contributed by atoms with Gasteiger partial charge in [0.1, 0.15) is 4.88 Å². The number of methoxy groups -OCH3 is 1. The van der Waals surface area contributed by atoms with Gasteiger partial charge in [-0.15, -0.1) is 11.3 Å². The Kier molecular flexibility index (Phi) is 4.77. The van der Waals surface area contributed by atoms with Crippen LogP contribution in [0.15, 0.2) is 5.38 Å². The molecule has 1 saturated heterocycles. The van der Waals surface area contributed by atoms with E-state index in [9.17, 15) is 9.59 Å². The van der Waals surface area contributed by atoms with Crippen molar-refractivity contribution in [1.82, 2.24) is 0 Å². The maximum Gasteiger partial charge on any atom is 0.350 e. The standard InChI is InChI=1S/C14H19NO4S/c1-4-10-9(5-6-19-10)13(16)15-11-8(2)7-20-12(11)14(17)18-3/h7,9-10H,4-6H2,1-3H3,(H,15,16). The topological polar surface area (TPSA) is 64.6 Å². The van der Waals surface area contributed by atoms with Crippen LogP contribution in [0.2, 0.25) is 0 Å². The van der Waals surface area contributed by atoms with Gasteiger partial charge in [0.2, 0.25) is 5.91 Å². The van der Waals surface area contributed by atoms with Crippen LogP contribution >= 0.6 is 11.3 Å². The van der Waals surface area contributed by atoms with Gasteiger partial charge in [0.25, 0.3) is 0 Å². The highest BCUT2D eigenvalue weighted by atomic mass is 32.1. The molecule has 2 unspecified atom stereocenters. The summed E-state index contributed by atoms with van der Waals surface area (Å²) in [7, 11) is 1.33. The van der Waals surface area contributed by atoms with Crippen LogP contribution in [0.3, 0.4) is 0 Å². The van der Waals surface area contributed by atoms with E-state index in [1.165, 1.54) is 18.4 Å². The van der Waals surface area contributed by atoms with E-state index in [4.69, 9.17) is 9.47 Å². The second-order valence-electron chi connectivity index (χ2n) is 4.82. The highest BCUT2D eigenvalue weighted by Gasteiger charge is 2.33. The molecule has 2 heterocycles. The average molecular weight is 297 g/mol. The number of hydrogen-bond donors (Lipinski definition) is 1. The fourth-order valence-electron chi connectivity index (χ4n) is 2.41. The smallest absolute Gasteiger partial charge is 0.350 e. The molecule has 0 bridgehead atoms. The number of anilines is 1. The lowest BCUT2D eigenvalue weighted by atomic mass is 9.98. The molecule has 0 saturated carbocycles. The van der Waals surface area contributed by atoms with Crippen molar-refractivity contribution in [1.29, 1.82) is 0 Å². The SMILES string of the molecule is CCC1OCCC1C(=O)Nc1c(C)csc1C(=O)OC. The molecular formula is C14H19NO4S. The Hall–Kier alpha value is -1.40. The van der Waals surface area contributed by atoms with Crippen molar-refractivity contribution >= 4 is 28.9 Å². The molecular weight excluding hydrogens is 278 g/mol. The number of rotatable bonds is 4. The van der Waals surface area contributed by atoms with Crippen LogP contribution in [0.5, 0.6) is 0 Å².